The molecule has 1 aromatic heterocycles. The van der Waals surface area contributed by atoms with E-state index in [1.807, 2.05) is 25.2 Å². The van der Waals surface area contributed by atoms with Gasteiger partial charge in [0.05, 0.1) is 0 Å². The molecule has 2 N–H and O–H groups in total. The summed E-state index contributed by atoms with van der Waals surface area (Å²) in [5, 5.41) is 1.05. The number of rotatable bonds is 5. The van der Waals surface area contributed by atoms with Gasteiger partial charge in [0.1, 0.15) is 0 Å². The Morgan fingerprint density at radius 1 is 1.47 bits per heavy atom. The van der Waals surface area contributed by atoms with Gasteiger partial charge in [-0.25, -0.2) is 4.98 Å². The van der Waals surface area contributed by atoms with Crippen LogP contribution < -0.4 is 10.6 Å². The van der Waals surface area contributed by atoms with E-state index in [4.69, 9.17) is 5.73 Å². The molecule has 0 aliphatic rings. The van der Waals surface area contributed by atoms with Crippen molar-refractivity contribution in [1.29, 1.82) is 0 Å². The van der Waals surface area contributed by atoms with Gasteiger partial charge in [-0.15, -0.1) is 11.3 Å². The van der Waals surface area contributed by atoms with Gasteiger partial charge >= 0.3 is 0 Å². The molecule has 0 aliphatic heterocycles. The molecule has 15 heavy (non-hydrogen) atoms. The van der Waals surface area contributed by atoms with E-state index in [1.165, 1.54) is 4.88 Å². The first kappa shape index (κ1) is 12.4. The third-order valence-corrected chi connectivity index (χ3v) is 3.57. The Morgan fingerprint density at radius 2 is 2.13 bits per heavy atom. The average molecular weight is 228 g/mol. The molecule has 0 radical (unpaired) electrons. The van der Waals surface area contributed by atoms with Crippen molar-refractivity contribution >= 4 is 16.5 Å². The first-order valence-electron chi connectivity index (χ1n) is 5.07. The number of nitrogens with two attached hydrogens (primary N) is 1. The summed E-state index contributed by atoms with van der Waals surface area (Å²) in [4.78, 5) is 9.89. The predicted molar refractivity (Wildman–Crippen MR) is 66.4 cm³/mol. The van der Waals surface area contributed by atoms with Gasteiger partial charge in [0.2, 0.25) is 0 Å². The van der Waals surface area contributed by atoms with Crippen LogP contribution in [0.5, 0.6) is 0 Å². The van der Waals surface area contributed by atoms with E-state index < -0.39 is 0 Å². The summed E-state index contributed by atoms with van der Waals surface area (Å²) in [6.07, 6.45) is 1.94. The average Bonchev–Trinajstić information content (AvgIpc) is 2.65. The second-order valence-corrected chi connectivity index (χ2v) is 5.10. The molecule has 1 atom stereocenters. The minimum atomic E-state index is 0.412. The molecule has 1 rings (SSSR count). The van der Waals surface area contributed by atoms with Crippen LogP contribution in [-0.2, 0) is 6.54 Å². The van der Waals surface area contributed by atoms with E-state index in [9.17, 15) is 0 Å². The fourth-order valence-corrected chi connectivity index (χ4v) is 2.05. The van der Waals surface area contributed by atoms with Crippen LogP contribution in [0, 0.1) is 0 Å². The van der Waals surface area contributed by atoms with E-state index in [2.05, 4.69) is 23.9 Å². The highest BCUT2D eigenvalue weighted by atomic mass is 32.1. The minimum absolute atomic E-state index is 0.412. The lowest BCUT2D eigenvalue weighted by atomic mass is 10.3. The first-order valence-corrected chi connectivity index (χ1v) is 5.88. The maximum Gasteiger partial charge on any atom is 0.185 e. The molecule has 1 aromatic rings. The highest BCUT2D eigenvalue weighted by molar-refractivity contribution is 7.15. The Hall–Kier alpha value is -0.650. The lowest BCUT2D eigenvalue weighted by Crippen LogP contribution is -2.34. The Bertz CT molecular complexity index is 297. The quantitative estimate of drug-likeness (QED) is 0.816. The van der Waals surface area contributed by atoms with E-state index >= 15 is 0 Å². The van der Waals surface area contributed by atoms with Gasteiger partial charge in [-0.3, -0.25) is 4.90 Å². The smallest absolute Gasteiger partial charge is 0.185 e. The standard InChI is InChI=1S/C10H20N4S/c1-8(5-11)14(4)7-9-6-12-10(15-9)13(2)3/h6,8H,5,7,11H2,1-4H3. The Balaban J connectivity index is 2.57. The third-order valence-electron chi connectivity index (χ3n) is 2.42. The molecule has 0 aliphatic carbocycles. The zero-order chi connectivity index (χ0) is 11.4. The third kappa shape index (κ3) is 3.44. The molecule has 0 saturated heterocycles. The fourth-order valence-electron chi connectivity index (χ4n) is 1.16. The van der Waals surface area contributed by atoms with Crippen molar-refractivity contribution in [2.24, 2.45) is 5.73 Å². The van der Waals surface area contributed by atoms with Crippen LogP contribution in [-0.4, -0.2) is 43.6 Å². The van der Waals surface area contributed by atoms with Gasteiger partial charge in [-0.2, -0.15) is 0 Å². The summed E-state index contributed by atoms with van der Waals surface area (Å²) in [5.74, 6) is 0. The normalized spacial score (nSPS) is 13.2. The SMILES string of the molecule is CC(CN)N(C)Cc1cnc(N(C)C)s1. The van der Waals surface area contributed by atoms with E-state index in [1.54, 1.807) is 11.3 Å². The molecule has 0 spiro atoms. The first-order chi connectivity index (χ1) is 7.04. The molecule has 5 heteroatoms. The zero-order valence-electron chi connectivity index (χ0n) is 9.90. The molecule has 1 unspecified atom stereocenters. The maximum absolute atomic E-state index is 5.62. The van der Waals surface area contributed by atoms with E-state index in [0.717, 1.165) is 11.7 Å². The van der Waals surface area contributed by atoms with Gasteiger partial charge in [0.15, 0.2) is 5.13 Å². The van der Waals surface area contributed by atoms with Crippen molar-refractivity contribution in [2.75, 3.05) is 32.6 Å². The molecule has 0 bridgehead atoms. The Morgan fingerprint density at radius 3 is 2.60 bits per heavy atom. The van der Waals surface area contributed by atoms with Crippen molar-refractivity contribution in [3.05, 3.63) is 11.1 Å². The highest BCUT2D eigenvalue weighted by Crippen LogP contribution is 2.21. The second kappa shape index (κ2) is 5.44. The summed E-state index contributed by atoms with van der Waals surface area (Å²) in [6.45, 7) is 3.74. The van der Waals surface area contributed by atoms with Crippen LogP contribution in [0.25, 0.3) is 0 Å². The summed E-state index contributed by atoms with van der Waals surface area (Å²) in [5.41, 5.74) is 5.62. The van der Waals surface area contributed by atoms with Gasteiger partial charge < -0.3 is 10.6 Å². The molecule has 86 valence electrons. The van der Waals surface area contributed by atoms with Gasteiger partial charge in [-0.05, 0) is 14.0 Å². The van der Waals surface area contributed by atoms with E-state index in [0.29, 0.717) is 12.6 Å². The molecule has 0 aromatic carbocycles. The van der Waals surface area contributed by atoms with Crippen LogP contribution in [0.1, 0.15) is 11.8 Å². The number of anilines is 1. The topological polar surface area (TPSA) is 45.4 Å². The van der Waals surface area contributed by atoms with Crippen molar-refractivity contribution in [2.45, 2.75) is 19.5 Å². The fraction of sp³-hybridized carbons (Fsp3) is 0.700. The summed E-state index contributed by atoms with van der Waals surface area (Å²) in [7, 11) is 6.11. The number of aromatic nitrogens is 1. The van der Waals surface area contributed by atoms with Gasteiger partial charge in [0.25, 0.3) is 0 Å². The maximum atomic E-state index is 5.62. The number of likely N-dealkylation sites (N-methyl/N-ethyl adjacent to an activating group) is 1. The van der Waals surface area contributed by atoms with Crippen molar-refractivity contribution in [3.63, 3.8) is 0 Å². The van der Waals surface area contributed by atoms with Gasteiger partial charge in [0, 0.05) is 44.3 Å². The van der Waals surface area contributed by atoms with Crippen LogP contribution in [0.15, 0.2) is 6.20 Å². The van der Waals surface area contributed by atoms with Crippen LogP contribution in [0.2, 0.25) is 0 Å². The number of thiazole rings is 1. The Kier molecular flexibility index (Phi) is 4.50. The summed E-state index contributed by atoms with van der Waals surface area (Å²) in [6, 6.07) is 0.412. The van der Waals surface area contributed by atoms with E-state index in [-0.39, 0.29) is 0 Å². The lowest BCUT2D eigenvalue weighted by Gasteiger charge is -2.22. The van der Waals surface area contributed by atoms with Gasteiger partial charge in [-0.1, -0.05) is 0 Å². The molecule has 0 amide bonds. The largest absolute Gasteiger partial charge is 0.354 e. The molecule has 1 heterocycles. The van der Waals surface area contributed by atoms with Crippen molar-refractivity contribution < 1.29 is 0 Å². The summed E-state index contributed by atoms with van der Waals surface area (Å²) < 4.78 is 0. The number of hydrogen-bond donors (Lipinski definition) is 1. The molecular weight excluding hydrogens is 208 g/mol. The van der Waals surface area contributed by atoms with Crippen LogP contribution >= 0.6 is 11.3 Å². The highest BCUT2D eigenvalue weighted by Gasteiger charge is 2.10. The molecular formula is C10H20N4S. The molecule has 0 saturated carbocycles. The van der Waals surface area contributed by atoms with Crippen molar-refractivity contribution in [3.8, 4) is 0 Å². The lowest BCUT2D eigenvalue weighted by molar-refractivity contribution is 0.257. The Labute approximate surface area is 95.7 Å². The van der Waals surface area contributed by atoms with Crippen LogP contribution in [0.3, 0.4) is 0 Å². The predicted octanol–water partition coefficient (Wildman–Crippen LogP) is 0.988. The second-order valence-electron chi connectivity index (χ2n) is 4.00. The monoisotopic (exact) mass is 228 g/mol. The zero-order valence-corrected chi connectivity index (χ0v) is 10.7. The molecule has 4 nitrogen and oxygen atoms in total. The summed E-state index contributed by atoms with van der Waals surface area (Å²) >= 11 is 1.73. The van der Waals surface area contributed by atoms with Crippen molar-refractivity contribution in [1.82, 2.24) is 9.88 Å². The number of nitrogens with zero attached hydrogens (tertiary/aromatic N) is 3. The molecule has 0 fully saturated rings. The minimum Gasteiger partial charge on any atom is -0.354 e. The van der Waals surface area contributed by atoms with Crippen LogP contribution in [0.4, 0.5) is 5.13 Å². The number of hydrogen-bond acceptors (Lipinski definition) is 5.